The van der Waals surface area contributed by atoms with Crippen LogP contribution in [-0.2, 0) is 9.53 Å². The Morgan fingerprint density at radius 1 is 1.23 bits per heavy atom. The molecule has 0 saturated heterocycles. The van der Waals surface area contributed by atoms with Crippen molar-refractivity contribution in [3.63, 3.8) is 0 Å². The highest BCUT2D eigenvalue weighted by Crippen LogP contribution is 2.34. The molecule has 0 bridgehead atoms. The lowest BCUT2D eigenvalue weighted by Crippen LogP contribution is -2.39. The topological polar surface area (TPSA) is 79.1 Å². The largest absolute Gasteiger partial charge is 0.493 e. The van der Waals surface area contributed by atoms with Gasteiger partial charge in [-0.25, -0.2) is 9.79 Å². The normalized spacial score (nSPS) is 15.5. The molecule has 1 unspecified atom stereocenters. The molecule has 10 heteroatoms. The number of methoxy groups -OCH3 is 2. The number of halogens is 2. The quantitative estimate of drug-likeness (QED) is 0.305. The van der Waals surface area contributed by atoms with Gasteiger partial charge in [-0.1, -0.05) is 35.1 Å². The molecule has 1 aromatic heterocycles. The summed E-state index contributed by atoms with van der Waals surface area (Å²) in [7, 11) is 3.15. The molecule has 0 saturated carbocycles. The summed E-state index contributed by atoms with van der Waals surface area (Å²) < 4.78 is 19.1. The molecule has 0 aliphatic carbocycles. The van der Waals surface area contributed by atoms with Crippen molar-refractivity contribution in [2.45, 2.75) is 19.9 Å². The molecule has 0 radical (unpaired) electrons. The third-order valence-electron chi connectivity index (χ3n) is 5.46. The number of aromatic nitrogens is 1. The lowest BCUT2D eigenvalue weighted by molar-refractivity contribution is -0.139. The van der Waals surface area contributed by atoms with E-state index in [-0.39, 0.29) is 12.2 Å². The number of hydrogen-bond donors (Lipinski definition) is 0. The van der Waals surface area contributed by atoms with E-state index in [4.69, 9.17) is 25.8 Å². The maximum atomic E-state index is 13.7. The van der Waals surface area contributed by atoms with E-state index in [1.165, 1.54) is 11.3 Å². The van der Waals surface area contributed by atoms with E-state index in [9.17, 15) is 9.59 Å². The zero-order valence-electron chi connectivity index (χ0n) is 19.4. The number of benzene rings is 2. The second-order valence-electron chi connectivity index (χ2n) is 7.59. The van der Waals surface area contributed by atoms with Crippen LogP contribution in [0.4, 0.5) is 0 Å². The molecule has 4 rings (SSSR count). The van der Waals surface area contributed by atoms with Gasteiger partial charge in [0.2, 0.25) is 0 Å². The summed E-state index contributed by atoms with van der Waals surface area (Å²) in [6, 6.07) is 10.1. The van der Waals surface area contributed by atoms with Crippen molar-refractivity contribution in [1.29, 1.82) is 0 Å². The molecule has 1 aliphatic heterocycles. The highest BCUT2D eigenvalue weighted by atomic mass is 127. The van der Waals surface area contributed by atoms with Gasteiger partial charge in [0.25, 0.3) is 5.56 Å². The number of carbonyl (C=O) groups excluding carboxylic acids is 1. The number of hydrogen-bond acceptors (Lipinski definition) is 7. The van der Waals surface area contributed by atoms with Gasteiger partial charge in [0.15, 0.2) is 16.3 Å². The van der Waals surface area contributed by atoms with Crippen molar-refractivity contribution in [3.8, 4) is 11.5 Å². The first-order chi connectivity index (χ1) is 16.8. The zero-order valence-corrected chi connectivity index (χ0v) is 23.2. The highest BCUT2D eigenvalue weighted by molar-refractivity contribution is 14.1. The lowest BCUT2D eigenvalue weighted by atomic mass is 9.96. The summed E-state index contributed by atoms with van der Waals surface area (Å²) >= 11 is 9.52. The standard InChI is InChI=1S/C25H22ClIN2O5S/c1-5-34-24(31)20-13(2)28-25-29(21(20)15-6-8-16(26)9-7-15)23(30)19(35-25)12-14-10-17(27)22(33-4)18(11-14)32-3/h6-12,21H,5H2,1-4H3/b19-12+. The zero-order chi connectivity index (χ0) is 25.3. The van der Waals surface area contributed by atoms with E-state index in [0.29, 0.717) is 37.1 Å². The van der Waals surface area contributed by atoms with Gasteiger partial charge in [0.05, 0.1) is 46.2 Å². The molecule has 0 fully saturated rings. The Morgan fingerprint density at radius 2 is 1.94 bits per heavy atom. The smallest absolute Gasteiger partial charge is 0.338 e. The second-order valence-corrected chi connectivity index (χ2v) is 10.2. The van der Waals surface area contributed by atoms with E-state index in [0.717, 1.165) is 14.7 Å². The molecule has 0 N–H and O–H groups in total. The minimum Gasteiger partial charge on any atom is -0.493 e. The van der Waals surface area contributed by atoms with Gasteiger partial charge < -0.3 is 14.2 Å². The Labute approximate surface area is 224 Å². The Morgan fingerprint density at radius 3 is 2.57 bits per heavy atom. The third-order valence-corrected chi connectivity index (χ3v) is 7.49. The van der Waals surface area contributed by atoms with Crippen LogP contribution in [0.15, 0.2) is 57.5 Å². The average molecular weight is 625 g/mol. The van der Waals surface area contributed by atoms with E-state index < -0.39 is 12.0 Å². The summed E-state index contributed by atoms with van der Waals surface area (Å²) in [5.41, 5.74) is 2.10. The van der Waals surface area contributed by atoms with Crippen molar-refractivity contribution in [2.75, 3.05) is 20.8 Å². The van der Waals surface area contributed by atoms with Crippen LogP contribution in [-0.4, -0.2) is 31.4 Å². The summed E-state index contributed by atoms with van der Waals surface area (Å²) in [6.45, 7) is 3.71. The van der Waals surface area contributed by atoms with Gasteiger partial charge >= 0.3 is 5.97 Å². The Hall–Kier alpha value is -2.63. The fraction of sp³-hybridized carbons (Fsp3) is 0.240. The van der Waals surface area contributed by atoms with Gasteiger partial charge in [0.1, 0.15) is 0 Å². The Kier molecular flexibility index (Phi) is 7.67. The summed E-state index contributed by atoms with van der Waals surface area (Å²) in [5, 5.41) is 0.558. The number of esters is 1. The van der Waals surface area contributed by atoms with Gasteiger partial charge in [-0.3, -0.25) is 9.36 Å². The number of thiazole rings is 1. The molecule has 1 aliphatic rings. The average Bonchev–Trinajstić information content (AvgIpc) is 3.12. The molecule has 0 spiro atoms. The molecule has 35 heavy (non-hydrogen) atoms. The Bertz CT molecular complexity index is 1510. The van der Waals surface area contributed by atoms with Crippen LogP contribution in [0.3, 0.4) is 0 Å². The van der Waals surface area contributed by atoms with Gasteiger partial charge in [0, 0.05) is 5.02 Å². The molecule has 2 heterocycles. The number of fused-ring (bicyclic) bond motifs is 1. The van der Waals surface area contributed by atoms with Gasteiger partial charge in [-0.15, -0.1) is 0 Å². The fourth-order valence-corrected chi connectivity index (χ4v) is 5.94. The SMILES string of the molecule is CCOC(=O)C1=C(C)N=c2s/c(=C/c3cc(I)c(OC)c(OC)c3)c(=O)n2C1c1ccc(Cl)cc1. The number of carbonyl (C=O) groups is 1. The summed E-state index contributed by atoms with van der Waals surface area (Å²) in [5.74, 6) is 0.694. The summed E-state index contributed by atoms with van der Waals surface area (Å²) in [4.78, 5) is 31.7. The van der Waals surface area contributed by atoms with Crippen LogP contribution in [0.25, 0.3) is 6.08 Å². The minimum atomic E-state index is -0.685. The molecular weight excluding hydrogens is 603 g/mol. The van der Waals surface area contributed by atoms with Gasteiger partial charge in [-0.05, 0) is 77.9 Å². The van der Waals surface area contributed by atoms with Crippen LogP contribution >= 0.6 is 45.5 Å². The first-order valence-electron chi connectivity index (χ1n) is 10.7. The first kappa shape index (κ1) is 25.5. The lowest BCUT2D eigenvalue weighted by Gasteiger charge is -2.24. The van der Waals surface area contributed by atoms with E-state index in [2.05, 4.69) is 27.6 Å². The maximum Gasteiger partial charge on any atom is 0.338 e. The highest BCUT2D eigenvalue weighted by Gasteiger charge is 2.33. The van der Waals surface area contributed by atoms with Crippen LogP contribution in [0.1, 0.15) is 31.0 Å². The molecule has 0 amide bonds. The number of nitrogens with zero attached hydrogens (tertiary/aromatic N) is 2. The monoisotopic (exact) mass is 624 g/mol. The van der Waals surface area contributed by atoms with E-state index in [1.54, 1.807) is 63.0 Å². The predicted molar refractivity (Wildman–Crippen MR) is 144 cm³/mol. The Balaban J connectivity index is 1.94. The number of rotatable bonds is 6. The third kappa shape index (κ3) is 4.89. The molecule has 3 aromatic rings. The van der Waals surface area contributed by atoms with Crippen LogP contribution < -0.4 is 24.4 Å². The van der Waals surface area contributed by atoms with Crippen LogP contribution in [0, 0.1) is 3.57 Å². The molecule has 2 aromatic carbocycles. The van der Waals surface area contributed by atoms with Crippen molar-refractivity contribution in [2.24, 2.45) is 4.99 Å². The van der Waals surface area contributed by atoms with Crippen LogP contribution in [0.2, 0.25) is 5.02 Å². The van der Waals surface area contributed by atoms with Crippen molar-refractivity contribution in [1.82, 2.24) is 4.57 Å². The van der Waals surface area contributed by atoms with Crippen molar-refractivity contribution < 1.29 is 19.0 Å². The molecular formula is C25H22ClIN2O5S. The number of allylic oxidation sites excluding steroid dienone is 1. The summed E-state index contributed by atoms with van der Waals surface area (Å²) in [6.07, 6.45) is 1.79. The fourth-order valence-electron chi connectivity index (χ4n) is 3.92. The maximum absolute atomic E-state index is 13.7. The molecule has 7 nitrogen and oxygen atoms in total. The van der Waals surface area contributed by atoms with Crippen molar-refractivity contribution >= 4 is 57.6 Å². The number of ether oxygens (including phenoxy) is 3. The second kappa shape index (κ2) is 10.5. The van der Waals surface area contributed by atoms with E-state index >= 15 is 0 Å². The van der Waals surface area contributed by atoms with E-state index in [1.807, 2.05) is 12.1 Å². The van der Waals surface area contributed by atoms with Gasteiger partial charge in [-0.2, -0.15) is 0 Å². The minimum absolute atomic E-state index is 0.214. The molecule has 1 atom stereocenters. The predicted octanol–water partition coefficient (Wildman–Crippen LogP) is 4.07. The first-order valence-corrected chi connectivity index (χ1v) is 12.9. The van der Waals surface area contributed by atoms with Crippen LogP contribution in [0.5, 0.6) is 11.5 Å². The molecule has 182 valence electrons. The van der Waals surface area contributed by atoms with Crippen molar-refractivity contribution in [3.05, 3.63) is 87.1 Å².